The van der Waals surface area contributed by atoms with Crippen LogP contribution in [0.4, 0.5) is 0 Å². The molecule has 0 saturated heterocycles. The summed E-state index contributed by atoms with van der Waals surface area (Å²) >= 11 is 0. The van der Waals surface area contributed by atoms with Crippen molar-refractivity contribution in [3.05, 3.63) is 42.7 Å². The maximum atomic E-state index is 4.10. The van der Waals surface area contributed by atoms with Crippen LogP contribution in [0.2, 0.25) is 0 Å². The van der Waals surface area contributed by atoms with Crippen LogP contribution in [0.1, 0.15) is 5.69 Å². The standard InChI is InChI=1S/C9H10N2/c1-2-6-10-8-9-5-3-4-7-11-9/h2-7H,1,8H2. The maximum Gasteiger partial charge on any atom is 0.0811 e. The number of nitrogens with zero attached hydrogens (tertiary/aromatic N) is 2. The first-order valence-electron chi connectivity index (χ1n) is 3.44. The second-order valence-electron chi connectivity index (χ2n) is 2.05. The fraction of sp³-hybridized carbons (Fsp3) is 0.111. The lowest BCUT2D eigenvalue weighted by Gasteiger charge is -1.91. The summed E-state index contributed by atoms with van der Waals surface area (Å²) in [6.07, 6.45) is 5.09. The average molecular weight is 146 g/mol. The zero-order chi connectivity index (χ0) is 7.94. The summed E-state index contributed by atoms with van der Waals surface area (Å²) in [4.78, 5) is 8.16. The van der Waals surface area contributed by atoms with Crippen LogP contribution in [0.3, 0.4) is 0 Å². The van der Waals surface area contributed by atoms with Gasteiger partial charge in [-0.2, -0.15) is 0 Å². The van der Waals surface area contributed by atoms with E-state index in [0.717, 1.165) is 5.69 Å². The molecule has 11 heavy (non-hydrogen) atoms. The molecule has 0 fully saturated rings. The van der Waals surface area contributed by atoms with E-state index in [1.807, 2.05) is 18.2 Å². The van der Waals surface area contributed by atoms with Crippen molar-refractivity contribution in [2.45, 2.75) is 6.54 Å². The highest BCUT2D eigenvalue weighted by molar-refractivity contribution is 5.69. The van der Waals surface area contributed by atoms with Crippen LogP contribution in [0.25, 0.3) is 0 Å². The Morgan fingerprint density at radius 2 is 2.45 bits per heavy atom. The molecule has 2 nitrogen and oxygen atoms in total. The molecule has 1 heterocycles. The minimum Gasteiger partial charge on any atom is -0.287 e. The molecule has 2 heteroatoms. The van der Waals surface area contributed by atoms with Gasteiger partial charge in [-0.3, -0.25) is 9.98 Å². The van der Waals surface area contributed by atoms with Crippen LogP contribution < -0.4 is 0 Å². The summed E-state index contributed by atoms with van der Waals surface area (Å²) in [6, 6.07) is 5.78. The van der Waals surface area contributed by atoms with Crippen molar-refractivity contribution in [1.29, 1.82) is 0 Å². The number of aliphatic imine (C=N–C) groups is 1. The van der Waals surface area contributed by atoms with Crippen LogP contribution >= 0.6 is 0 Å². The lowest BCUT2D eigenvalue weighted by atomic mass is 10.3. The minimum absolute atomic E-state index is 0.632. The molecule has 0 unspecified atom stereocenters. The first-order valence-corrected chi connectivity index (χ1v) is 3.44. The second-order valence-corrected chi connectivity index (χ2v) is 2.05. The van der Waals surface area contributed by atoms with Crippen LogP contribution in [0.15, 0.2) is 42.0 Å². The predicted octanol–water partition coefficient (Wildman–Crippen LogP) is 1.84. The van der Waals surface area contributed by atoms with Crippen LogP contribution in [-0.2, 0) is 6.54 Å². The van der Waals surface area contributed by atoms with Gasteiger partial charge in [-0.15, -0.1) is 0 Å². The van der Waals surface area contributed by atoms with E-state index in [2.05, 4.69) is 16.6 Å². The van der Waals surface area contributed by atoms with Crippen molar-refractivity contribution in [3.63, 3.8) is 0 Å². The predicted molar refractivity (Wildman–Crippen MR) is 46.6 cm³/mol. The number of rotatable bonds is 3. The molecule has 0 atom stereocenters. The third kappa shape index (κ3) is 2.76. The lowest BCUT2D eigenvalue weighted by molar-refractivity contribution is 0.996. The van der Waals surface area contributed by atoms with Crippen LogP contribution in [-0.4, -0.2) is 11.2 Å². The Labute approximate surface area is 66.3 Å². The van der Waals surface area contributed by atoms with Gasteiger partial charge in [-0.05, 0) is 12.1 Å². The summed E-state index contributed by atoms with van der Waals surface area (Å²) in [6.45, 7) is 4.15. The molecule has 0 aliphatic rings. The highest BCUT2D eigenvalue weighted by atomic mass is 14.8. The molecule has 0 N–H and O–H groups in total. The molecule has 0 aromatic carbocycles. The monoisotopic (exact) mass is 146 g/mol. The summed E-state index contributed by atoms with van der Waals surface area (Å²) in [7, 11) is 0. The van der Waals surface area contributed by atoms with E-state index in [1.165, 1.54) is 0 Å². The number of hydrogen-bond donors (Lipinski definition) is 0. The highest BCUT2D eigenvalue weighted by Crippen LogP contribution is 1.93. The summed E-state index contributed by atoms with van der Waals surface area (Å²) in [5.41, 5.74) is 0.977. The maximum absolute atomic E-state index is 4.10. The average Bonchev–Trinajstić information content (AvgIpc) is 2.07. The van der Waals surface area contributed by atoms with E-state index in [-0.39, 0.29) is 0 Å². The van der Waals surface area contributed by atoms with E-state index >= 15 is 0 Å². The van der Waals surface area contributed by atoms with Gasteiger partial charge in [-0.25, -0.2) is 0 Å². The molecule has 0 saturated carbocycles. The molecular weight excluding hydrogens is 136 g/mol. The topological polar surface area (TPSA) is 25.2 Å². The van der Waals surface area contributed by atoms with E-state index in [9.17, 15) is 0 Å². The Hall–Kier alpha value is -1.44. The van der Waals surface area contributed by atoms with Gasteiger partial charge >= 0.3 is 0 Å². The smallest absolute Gasteiger partial charge is 0.0811 e. The van der Waals surface area contributed by atoms with E-state index in [1.54, 1.807) is 18.5 Å². The van der Waals surface area contributed by atoms with Crippen LogP contribution in [0, 0.1) is 0 Å². The minimum atomic E-state index is 0.632. The molecule has 1 aromatic rings. The fourth-order valence-corrected chi connectivity index (χ4v) is 0.712. The van der Waals surface area contributed by atoms with Crippen molar-refractivity contribution >= 4 is 6.21 Å². The van der Waals surface area contributed by atoms with Gasteiger partial charge in [0.25, 0.3) is 0 Å². The number of hydrogen-bond acceptors (Lipinski definition) is 2. The Morgan fingerprint density at radius 3 is 3.09 bits per heavy atom. The van der Waals surface area contributed by atoms with Crippen molar-refractivity contribution in [1.82, 2.24) is 4.98 Å². The number of aromatic nitrogens is 1. The fourth-order valence-electron chi connectivity index (χ4n) is 0.712. The molecule has 56 valence electrons. The molecule has 0 aliphatic carbocycles. The Morgan fingerprint density at radius 1 is 1.55 bits per heavy atom. The molecule has 0 aliphatic heterocycles. The summed E-state index contributed by atoms with van der Waals surface area (Å²) in [5, 5.41) is 0. The van der Waals surface area contributed by atoms with Gasteiger partial charge in [-0.1, -0.05) is 18.7 Å². The zero-order valence-corrected chi connectivity index (χ0v) is 6.27. The van der Waals surface area contributed by atoms with E-state index < -0.39 is 0 Å². The van der Waals surface area contributed by atoms with Gasteiger partial charge in [0.05, 0.1) is 12.2 Å². The second kappa shape index (κ2) is 4.39. The first kappa shape index (κ1) is 7.66. The normalized spacial score (nSPS) is 10.2. The Bertz CT molecular complexity index is 239. The number of allylic oxidation sites excluding steroid dienone is 1. The molecule has 0 radical (unpaired) electrons. The molecule has 1 aromatic heterocycles. The van der Waals surface area contributed by atoms with Gasteiger partial charge in [0.1, 0.15) is 0 Å². The summed E-state index contributed by atoms with van der Waals surface area (Å²) < 4.78 is 0. The third-order valence-corrected chi connectivity index (χ3v) is 1.19. The molecule has 0 spiro atoms. The first-order chi connectivity index (χ1) is 5.43. The molecule has 1 rings (SSSR count). The van der Waals surface area contributed by atoms with Crippen molar-refractivity contribution in [2.75, 3.05) is 0 Å². The Kier molecular flexibility index (Phi) is 3.06. The molecular formula is C9H10N2. The Balaban J connectivity index is 2.51. The lowest BCUT2D eigenvalue weighted by Crippen LogP contribution is -1.84. The SMILES string of the molecule is C=CC=NCc1ccccn1. The highest BCUT2D eigenvalue weighted by Gasteiger charge is 1.85. The van der Waals surface area contributed by atoms with Crippen molar-refractivity contribution in [2.24, 2.45) is 4.99 Å². The zero-order valence-electron chi connectivity index (χ0n) is 6.27. The number of pyridine rings is 1. The van der Waals surface area contributed by atoms with Crippen LogP contribution in [0.5, 0.6) is 0 Å². The van der Waals surface area contributed by atoms with Gasteiger partial charge in [0.15, 0.2) is 0 Å². The van der Waals surface area contributed by atoms with E-state index in [4.69, 9.17) is 0 Å². The van der Waals surface area contributed by atoms with Gasteiger partial charge < -0.3 is 0 Å². The largest absolute Gasteiger partial charge is 0.287 e. The van der Waals surface area contributed by atoms with Crippen molar-refractivity contribution in [3.8, 4) is 0 Å². The molecule has 0 amide bonds. The quantitative estimate of drug-likeness (QED) is 0.597. The van der Waals surface area contributed by atoms with Gasteiger partial charge in [0, 0.05) is 12.4 Å². The van der Waals surface area contributed by atoms with Gasteiger partial charge in [0.2, 0.25) is 0 Å². The van der Waals surface area contributed by atoms with Crippen molar-refractivity contribution < 1.29 is 0 Å². The molecule has 0 bridgehead atoms. The summed E-state index contributed by atoms with van der Waals surface area (Å²) in [5.74, 6) is 0. The third-order valence-electron chi connectivity index (χ3n) is 1.19. The van der Waals surface area contributed by atoms with E-state index in [0.29, 0.717) is 6.54 Å².